The van der Waals surface area contributed by atoms with Gasteiger partial charge in [0.1, 0.15) is 0 Å². The van der Waals surface area contributed by atoms with Crippen LogP contribution in [0, 0.1) is 0 Å². The van der Waals surface area contributed by atoms with Crippen molar-refractivity contribution < 1.29 is 5.11 Å². The summed E-state index contributed by atoms with van der Waals surface area (Å²) in [4.78, 5) is 3.36. The molecule has 0 amide bonds. The summed E-state index contributed by atoms with van der Waals surface area (Å²) in [7, 11) is 0. The van der Waals surface area contributed by atoms with E-state index in [1.165, 1.54) is 0 Å². The van der Waals surface area contributed by atoms with Gasteiger partial charge in [-0.25, -0.2) is 0 Å². The van der Waals surface area contributed by atoms with E-state index in [0.717, 1.165) is 41.7 Å². The average Bonchev–Trinajstić information content (AvgIpc) is 2.53. The molecule has 0 fully saturated rings. The number of aromatic nitrogens is 1. The van der Waals surface area contributed by atoms with Crippen molar-refractivity contribution in [2.75, 3.05) is 6.54 Å². The summed E-state index contributed by atoms with van der Waals surface area (Å²) in [6, 6.07) is 8.15. The monoisotopic (exact) mass is 202 g/mol. The first-order chi connectivity index (χ1) is 7.36. The van der Waals surface area contributed by atoms with Gasteiger partial charge < -0.3 is 15.4 Å². The molecule has 3 N–H and O–H groups in total. The van der Waals surface area contributed by atoms with Crippen LogP contribution in [-0.4, -0.2) is 16.6 Å². The molecular formula is C12H14N2O. The second-order valence-electron chi connectivity index (χ2n) is 4.04. The van der Waals surface area contributed by atoms with Gasteiger partial charge in [-0.2, -0.15) is 0 Å². The van der Waals surface area contributed by atoms with E-state index in [1.54, 1.807) is 0 Å². The Labute approximate surface area is 88.1 Å². The third-order valence-electron chi connectivity index (χ3n) is 3.06. The van der Waals surface area contributed by atoms with Crippen molar-refractivity contribution in [2.45, 2.75) is 19.1 Å². The first kappa shape index (κ1) is 8.95. The zero-order valence-corrected chi connectivity index (χ0v) is 8.46. The summed E-state index contributed by atoms with van der Waals surface area (Å²) < 4.78 is 0. The number of fused-ring (bicyclic) bond motifs is 3. The smallest absolute Gasteiger partial charge is 0.0826 e. The number of para-hydroxylation sites is 1. The number of aliphatic hydroxyl groups is 1. The summed E-state index contributed by atoms with van der Waals surface area (Å²) in [6.07, 6.45) is 0.445. The van der Waals surface area contributed by atoms with Crippen molar-refractivity contribution in [1.29, 1.82) is 0 Å². The molecule has 1 aromatic heterocycles. The number of H-pyrrole nitrogens is 1. The number of benzene rings is 1. The summed E-state index contributed by atoms with van der Waals surface area (Å²) >= 11 is 0. The Balaban J connectivity index is 2.27. The fourth-order valence-electron chi connectivity index (χ4n) is 2.34. The Kier molecular flexibility index (Phi) is 2.01. The van der Waals surface area contributed by atoms with Crippen molar-refractivity contribution in [3.8, 4) is 0 Å². The molecule has 0 saturated heterocycles. The fraction of sp³-hybridized carbons (Fsp3) is 0.333. The highest BCUT2D eigenvalue weighted by molar-refractivity contribution is 5.85. The van der Waals surface area contributed by atoms with E-state index >= 15 is 0 Å². The molecule has 2 heterocycles. The van der Waals surface area contributed by atoms with E-state index in [-0.39, 0.29) is 6.10 Å². The summed E-state index contributed by atoms with van der Waals surface area (Å²) in [5.74, 6) is 0. The number of hydrogen-bond donors (Lipinski definition) is 3. The standard InChI is InChI=1S/C12H14N2O/c15-11-5-6-13-7-10-12(11)8-3-1-2-4-9(8)14-10/h1-4,11,13-15H,5-7H2. The zero-order chi connectivity index (χ0) is 10.3. The van der Waals surface area contributed by atoms with Crippen molar-refractivity contribution in [3.63, 3.8) is 0 Å². The van der Waals surface area contributed by atoms with E-state index in [9.17, 15) is 5.11 Å². The predicted octanol–water partition coefficient (Wildman–Crippen LogP) is 1.69. The zero-order valence-electron chi connectivity index (χ0n) is 8.46. The van der Waals surface area contributed by atoms with Crippen LogP contribution in [0.4, 0.5) is 0 Å². The molecule has 15 heavy (non-hydrogen) atoms. The van der Waals surface area contributed by atoms with Gasteiger partial charge in [0.15, 0.2) is 0 Å². The largest absolute Gasteiger partial charge is 0.388 e. The molecule has 0 spiro atoms. The first-order valence-electron chi connectivity index (χ1n) is 5.34. The highest BCUT2D eigenvalue weighted by Crippen LogP contribution is 2.30. The van der Waals surface area contributed by atoms with Crippen molar-refractivity contribution >= 4 is 10.9 Å². The van der Waals surface area contributed by atoms with Gasteiger partial charge in [0.2, 0.25) is 0 Å². The van der Waals surface area contributed by atoms with Gasteiger partial charge >= 0.3 is 0 Å². The lowest BCUT2D eigenvalue weighted by Crippen LogP contribution is -2.12. The lowest BCUT2D eigenvalue weighted by Gasteiger charge is -2.07. The second kappa shape index (κ2) is 3.36. The normalized spacial score (nSPS) is 21.3. The van der Waals surface area contributed by atoms with E-state index in [2.05, 4.69) is 22.4 Å². The van der Waals surface area contributed by atoms with E-state index in [1.807, 2.05) is 12.1 Å². The topological polar surface area (TPSA) is 48.0 Å². The molecule has 0 aliphatic carbocycles. The number of rotatable bonds is 0. The summed E-state index contributed by atoms with van der Waals surface area (Å²) in [5, 5.41) is 14.5. The third kappa shape index (κ3) is 1.35. The van der Waals surface area contributed by atoms with E-state index in [0.29, 0.717) is 0 Å². The van der Waals surface area contributed by atoms with Crippen LogP contribution in [0.15, 0.2) is 24.3 Å². The summed E-state index contributed by atoms with van der Waals surface area (Å²) in [5.41, 5.74) is 3.32. The quantitative estimate of drug-likeness (QED) is 0.609. The Bertz CT molecular complexity index is 489. The molecule has 1 aliphatic rings. The molecule has 1 aromatic carbocycles. The Hall–Kier alpha value is -1.32. The molecule has 0 radical (unpaired) electrons. The molecule has 1 atom stereocenters. The van der Waals surface area contributed by atoms with Gasteiger partial charge in [0, 0.05) is 28.7 Å². The van der Waals surface area contributed by atoms with Crippen LogP contribution in [0.25, 0.3) is 10.9 Å². The third-order valence-corrected chi connectivity index (χ3v) is 3.06. The van der Waals surface area contributed by atoms with Crippen LogP contribution >= 0.6 is 0 Å². The van der Waals surface area contributed by atoms with Gasteiger partial charge in [0.25, 0.3) is 0 Å². The molecule has 3 heteroatoms. The van der Waals surface area contributed by atoms with Crippen LogP contribution < -0.4 is 5.32 Å². The number of nitrogens with one attached hydrogen (secondary N) is 2. The molecule has 3 rings (SSSR count). The van der Waals surface area contributed by atoms with Crippen molar-refractivity contribution in [2.24, 2.45) is 0 Å². The molecule has 3 nitrogen and oxygen atoms in total. The number of hydrogen-bond acceptors (Lipinski definition) is 2. The number of aliphatic hydroxyl groups excluding tert-OH is 1. The molecule has 78 valence electrons. The Morgan fingerprint density at radius 1 is 1.27 bits per heavy atom. The van der Waals surface area contributed by atoms with Crippen molar-refractivity contribution in [3.05, 3.63) is 35.5 Å². The first-order valence-corrected chi connectivity index (χ1v) is 5.34. The molecule has 1 aliphatic heterocycles. The Morgan fingerprint density at radius 2 is 2.13 bits per heavy atom. The van der Waals surface area contributed by atoms with Gasteiger partial charge in [-0.05, 0) is 19.0 Å². The maximum Gasteiger partial charge on any atom is 0.0826 e. The Morgan fingerprint density at radius 3 is 3.07 bits per heavy atom. The van der Waals surface area contributed by atoms with Crippen LogP contribution in [0.1, 0.15) is 23.8 Å². The molecule has 0 saturated carbocycles. The predicted molar refractivity (Wildman–Crippen MR) is 59.6 cm³/mol. The van der Waals surface area contributed by atoms with Crippen LogP contribution in [0.3, 0.4) is 0 Å². The minimum atomic E-state index is -0.342. The minimum absolute atomic E-state index is 0.342. The van der Waals surface area contributed by atoms with Gasteiger partial charge in [-0.1, -0.05) is 18.2 Å². The van der Waals surface area contributed by atoms with E-state index in [4.69, 9.17) is 0 Å². The van der Waals surface area contributed by atoms with Crippen LogP contribution in [0.5, 0.6) is 0 Å². The highest BCUT2D eigenvalue weighted by Gasteiger charge is 2.20. The van der Waals surface area contributed by atoms with Crippen LogP contribution in [0.2, 0.25) is 0 Å². The SMILES string of the molecule is OC1CCNCc2[nH]c3ccccc3c21. The summed E-state index contributed by atoms with van der Waals surface area (Å²) in [6.45, 7) is 1.69. The molecule has 1 unspecified atom stereocenters. The average molecular weight is 202 g/mol. The van der Waals surface area contributed by atoms with Gasteiger partial charge in [0.05, 0.1) is 6.10 Å². The maximum absolute atomic E-state index is 10.1. The van der Waals surface area contributed by atoms with Gasteiger partial charge in [-0.3, -0.25) is 0 Å². The number of aromatic amines is 1. The van der Waals surface area contributed by atoms with Crippen LogP contribution in [-0.2, 0) is 6.54 Å². The molecule has 2 aromatic rings. The lowest BCUT2D eigenvalue weighted by atomic mass is 10.0. The van der Waals surface area contributed by atoms with Crippen molar-refractivity contribution in [1.82, 2.24) is 10.3 Å². The molecular weight excluding hydrogens is 188 g/mol. The van der Waals surface area contributed by atoms with E-state index < -0.39 is 0 Å². The second-order valence-corrected chi connectivity index (χ2v) is 4.04. The fourth-order valence-corrected chi connectivity index (χ4v) is 2.34. The lowest BCUT2D eigenvalue weighted by molar-refractivity contribution is 0.171. The minimum Gasteiger partial charge on any atom is -0.388 e. The maximum atomic E-state index is 10.1. The highest BCUT2D eigenvalue weighted by atomic mass is 16.3. The molecule has 0 bridgehead atoms. The van der Waals surface area contributed by atoms with Gasteiger partial charge in [-0.15, -0.1) is 0 Å².